The molecule has 0 radical (unpaired) electrons. The Morgan fingerprint density at radius 1 is 1.15 bits per heavy atom. The Bertz CT molecular complexity index is 632. The van der Waals surface area contributed by atoms with E-state index in [2.05, 4.69) is 0 Å². The molecule has 0 fully saturated rings. The molecule has 6 nitrogen and oxygen atoms in total. The second kappa shape index (κ2) is 5.68. The summed E-state index contributed by atoms with van der Waals surface area (Å²) in [5, 5.41) is 28.7. The predicted molar refractivity (Wildman–Crippen MR) is 69.4 cm³/mol. The molecule has 2 aromatic rings. The lowest BCUT2D eigenvalue weighted by Gasteiger charge is -2.07. The highest BCUT2D eigenvalue weighted by molar-refractivity contribution is 6.58. The Labute approximate surface area is 113 Å². The molecule has 2 N–H and O–H groups in total. The maximum Gasteiger partial charge on any atom is 0.488 e. The van der Waals surface area contributed by atoms with E-state index in [1.54, 1.807) is 0 Å². The molecule has 0 amide bonds. The molecule has 0 heterocycles. The van der Waals surface area contributed by atoms with Crippen LogP contribution in [0.15, 0.2) is 42.5 Å². The first-order chi connectivity index (χ1) is 9.47. The van der Waals surface area contributed by atoms with Crippen molar-refractivity contribution in [2.45, 2.75) is 0 Å². The van der Waals surface area contributed by atoms with Gasteiger partial charge in [0.2, 0.25) is 5.75 Å². The van der Waals surface area contributed by atoms with Gasteiger partial charge < -0.3 is 14.8 Å². The molecule has 0 unspecified atom stereocenters. The minimum Gasteiger partial charge on any atom is -0.450 e. The zero-order valence-corrected chi connectivity index (χ0v) is 10.1. The van der Waals surface area contributed by atoms with Crippen LogP contribution in [0.5, 0.6) is 11.5 Å². The Balaban J connectivity index is 2.28. The van der Waals surface area contributed by atoms with E-state index in [0.29, 0.717) is 0 Å². The van der Waals surface area contributed by atoms with Gasteiger partial charge in [-0.1, -0.05) is 12.1 Å². The van der Waals surface area contributed by atoms with E-state index in [9.17, 15) is 14.5 Å². The molecule has 0 spiro atoms. The molecule has 8 heteroatoms. The van der Waals surface area contributed by atoms with Gasteiger partial charge in [0.05, 0.1) is 11.0 Å². The molecule has 2 aromatic carbocycles. The Kier molecular flexibility index (Phi) is 3.97. The Morgan fingerprint density at radius 2 is 1.80 bits per heavy atom. The maximum atomic E-state index is 13.0. The largest absolute Gasteiger partial charge is 0.488 e. The summed E-state index contributed by atoms with van der Waals surface area (Å²) < 4.78 is 18.3. The van der Waals surface area contributed by atoms with Gasteiger partial charge in [0.1, 0.15) is 11.6 Å². The summed E-state index contributed by atoms with van der Waals surface area (Å²) in [5.74, 6) is -0.583. The van der Waals surface area contributed by atoms with Gasteiger partial charge in [-0.15, -0.1) is 0 Å². The molecule has 102 valence electrons. The van der Waals surface area contributed by atoms with Crippen molar-refractivity contribution in [2.24, 2.45) is 0 Å². The topological polar surface area (TPSA) is 92.8 Å². The van der Waals surface area contributed by atoms with E-state index in [1.165, 1.54) is 24.3 Å². The van der Waals surface area contributed by atoms with Crippen molar-refractivity contribution in [1.82, 2.24) is 0 Å². The van der Waals surface area contributed by atoms with Gasteiger partial charge in [-0.05, 0) is 29.7 Å². The van der Waals surface area contributed by atoms with Gasteiger partial charge in [-0.3, -0.25) is 10.1 Å². The maximum absolute atomic E-state index is 13.0. The van der Waals surface area contributed by atoms with Crippen molar-refractivity contribution in [3.8, 4) is 11.5 Å². The summed E-state index contributed by atoms with van der Waals surface area (Å²) in [6, 6.07) is 8.60. The van der Waals surface area contributed by atoms with Gasteiger partial charge in [0, 0.05) is 0 Å². The zero-order chi connectivity index (χ0) is 14.7. The Morgan fingerprint density at radius 3 is 2.35 bits per heavy atom. The quantitative estimate of drug-likeness (QED) is 0.497. The highest BCUT2D eigenvalue weighted by atomic mass is 19.1. The van der Waals surface area contributed by atoms with Crippen molar-refractivity contribution in [1.29, 1.82) is 0 Å². The van der Waals surface area contributed by atoms with E-state index >= 15 is 0 Å². The highest BCUT2D eigenvalue weighted by Gasteiger charge is 2.17. The molecule has 20 heavy (non-hydrogen) atoms. The van der Waals surface area contributed by atoms with E-state index in [0.717, 1.165) is 18.2 Å². The number of rotatable bonds is 4. The van der Waals surface area contributed by atoms with Crippen molar-refractivity contribution in [3.05, 3.63) is 58.4 Å². The van der Waals surface area contributed by atoms with Crippen LogP contribution in [0.4, 0.5) is 10.1 Å². The third-order valence-electron chi connectivity index (χ3n) is 2.52. The average Bonchev–Trinajstić information content (AvgIpc) is 2.41. The lowest BCUT2D eigenvalue weighted by molar-refractivity contribution is -0.385. The van der Waals surface area contributed by atoms with Crippen molar-refractivity contribution < 1.29 is 24.1 Å². The fraction of sp³-hybridized carbons (Fsp3) is 0. The number of hydrogen-bond acceptors (Lipinski definition) is 5. The second-order valence-corrected chi connectivity index (χ2v) is 3.91. The van der Waals surface area contributed by atoms with Crippen LogP contribution in [-0.4, -0.2) is 22.1 Å². The molecular formula is C12H9BFNO5. The van der Waals surface area contributed by atoms with E-state index < -0.39 is 23.5 Å². The molecule has 0 aliphatic rings. The van der Waals surface area contributed by atoms with Crippen LogP contribution < -0.4 is 10.2 Å². The molecule has 0 atom stereocenters. The summed E-state index contributed by atoms with van der Waals surface area (Å²) >= 11 is 0. The minimum atomic E-state index is -1.61. The van der Waals surface area contributed by atoms with Crippen LogP contribution in [-0.2, 0) is 0 Å². The predicted octanol–water partition coefficient (Wildman–Crippen LogP) is 1.21. The van der Waals surface area contributed by atoms with Crippen LogP contribution in [0.2, 0.25) is 0 Å². The first kappa shape index (κ1) is 14.0. The molecule has 2 rings (SSSR count). The number of halogens is 1. The van der Waals surface area contributed by atoms with Crippen LogP contribution in [0.1, 0.15) is 0 Å². The lowest BCUT2D eigenvalue weighted by Crippen LogP contribution is -2.29. The summed E-state index contributed by atoms with van der Waals surface area (Å²) in [5.41, 5.74) is -0.234. The van der Waals surface area contributed by atoms with Gasteiger partial charge in [0.25, 0.3) is 0 Å². The molecule has 0 aliphatic carbocycles. The van der Waals surface area contributed by atoms with Crippen molar-refractivity contribution in [3.63, 3.8) is 0 Å². The minimum absolute atomic E-state index is 0.103. The van der Waals surface area contributed by atoms with Crippen LogP contribution in [0, 0.1) is 15.9 Å². The van der Waals surface area contributed by atoms with Crippen molar-refractivity contribution in [2.75, 3.05) is 0 Å². The second-order valence-electron chi connectivity index (χ2n) is 3.91. The third-order valence-corrected chi connectivity index (χ3v) is 2.52. The number of ether oxygens (including phenoxy) is 1. The normalized spacial score (nSPS) is 10.2. The summed E-state index contributed by atoms with van der Waals surface area (Å²) in [6.45, 7) is 0. The van der Waals surface area contributed by atoms with Gasteiger partial charge in [-0.2, -0.15) is 0 Å². The van der Waals surface area contributed by atoms with Crippen LogP contribution in [0.3, 0.4) is 0 Å². The standard InChI is InChI=1S/C12H9BFNO5/c14-9-3-6-12(11(7-9)15(18)19)20-10-4-1-8(2-5-10)13(16)17/h1-7,16-17H. The van der Waals surface area contributed by atoms with Gasteiger partial charge in [-0.25, -0.2) is 4.39 Å². The third kappa shape index (κ3) is 3.11. The van der Waals surface area contributed by atoms with Gasteiger partial charge in [0.15, 0.2) is 0 Å². The molecular weight excluding hydrogens is 268 g/mol. The van der Waals surface area contributed by atoms with Crippen LogP contribution in [0.25, 0.3) is 0 Å². The SMILES string of the molecule is O=[N+]([O-])c1cc(F)ccc1Oc1ccc(B(O)O)cc1. The Hall–Kier alpha value is -2.45. The molecule has 0 aromatic heterocycles. The average molecular weight is 277 g/mol. The van der Waals surface area contributed by atoms with E-state index in [-0.39, 0.29) is 17.0 Å². The molecule has 0 saturated carbocycles. The fourth-order valence-electron chi connectivity index (χ4n) is 1.55. The number of nitrogens with zero attached hydrogens (tertiary/aromatic N) is 1. The molecule has 0 bridgehead atoms. The number of nitro groups is 1. The summed E-state index contributed by atoms with van der Waals surface area (Å²) in [4.78, 5) is 10.1. The molecule has 0 saturated heterocycles. The van der Waals surface area contributed by atoms with Gasteiger partial charge >= 0.3 is 12.8 Å². The first-order valence-corrected chi connectivity index (χ1v) is 5.55. The van der Waals surface area contributed by atoms with Crippen molar-refractivity contribution >= 4 is 18.3 Å². The van der Waals surface area contributed by atoms with Crippen LogP contribution >= 0.6 is 0 Å². The lowest BCUT2D eigenvalue weighted by atomic mass is 9.80. The first-order valence-electron chi connectivity index (χ1n) is 5.55. The zero-order valence-electron chi connectivity index (χ0n) is 10.1. The number of benzene rings is 2. The fourth-order valence-corrected chi connectivity index (χ4v) is 1.55. The monoisotopic (exact) mass is 277 g/mol. The summed E-state index contributed by atoms with van der Waals surface area (Å²) in [7, 11) is -1.61. The highest BCUT2D eigenvalue weighted by Crippen LogP contribution is 2.31. The molecule has 0 aliphatic heterocycles. The summed E-state index contributed by atoms with van der Waals surface area (Å²) in [6.07, 6.45) is 0. The number of hydrogen-bond donors (Lipinski definition) is 2. The van der Waals surface area contributed by atoms with E-state index in [1.807, 2.05) is 0 Å². The van der Waals surface area contributed by atoms with E-state index in [4.69, 9.17) is 14.8 Å². The number of nitro benzene ring substituents is 1. The smallest absolute Gasteiger partial charge is 0.450 e.